The fourth-order valence-electron chi connectivity index (χ4n) is 6.89. The summed E-state index contributed by atoms with van der Waals surface area (Å²) < 4.78 is 21.8. The topological polar surface area (TPSA) is 122 Å². The van der Waals surface area contributed by atoms with Crippen molar-refractivity contribution in [2.24, 2.45) is 5.92 Å². The standard InChI is InChI=1S/C30H30FN3O6/c1-4-30(39)18-9-22-25-16(11-34(22)27(36)17(18)12-40-29(30)38)24-21(33(3)28(37)26(35)14-5-6-14)8-7-15-13(2)19(31)10-20(32-25)23(15)24/h9-10,14,21,26,35,39H,4-8,11-12H2,1-3H3/t21-,26-,30-/m0/s1. The number of amides is 1. The van der Waals surface area contributed by atoms with Gasteiger partial charge in [-0.25, -0.2) is 14.2 Å². The van der Waals surface area contributed by atoms with Crippen molar-refractivity contribution in [1.29, 1.82) is 0 Å². The summed E-state index contributed by atoms with van der Waals surface area (Å²) in [5.41, 5.74) is 2.32. The second-order valence-electron chi connectivity index (χ2n) is 11.6. The van der Waals surface area contributed by atoms with Gasteiger partial charge >= 0.3 is 5.97 Å². The number of halogens is 1. The molecule has 0 radical (unpaired) electrons. The number of pyridine rings is 2. The Morgan fingerprint density at radius 1 is 1.25 bits per heavy atom. The van der Waals surface area contributed by atoms with Crippen molar-refractivity contribution in [3.05, 3.63) is 61.7 Å². The van der Waals surface area contributed by atoms with E-state index in [0.717, 1.165) is 34.9 Å². The van der Waals surface area contributed by atoms with Crippen LogP contribution in [0.5, 0.6) is 0 Å². The van der Waals surface area contributed by atoms with Crippen LogP contribution in [0, 0.1) is 18.7 Å². The lowest BCUT2D eigenvalue weighted by molar-refractivity contribution is -0.172. The summed E-state index contributed by atoms with van der Waals surface area (Å²) in [6, 6.07) is 2.61. The number of carbonyl (C=O) groups is 2. The van der Waals surface area contributed by atoms with Crippen LogP contribution in [0.15, 0.2) is 16.9 Å². The SMILES string of the molecule is CC[C@@]1(O)C(=O)OCc2c1cc1n(c2=O)Cc2c-1nc1cc(F)c(C)c3c1c2[C@@H](N(C)C(=O)[C@@H](O)C1CC1)CC3. The highest BCUT2D eigenvalue weighted by molar-refractivity contribution is 5.94. The van der Waals surface area contributed by atoms with E-state index < -0.39 is 23.7 Å². The Morgan fingerprint density at radius 2 is 2.00 bits per heavy atom. The highest BCUT2D eigenvalue weighted by Crippen LogP contribution is 2.47. The Bertz CT molecular complexity index is 1730. The maximum Gasteiger partial charge on any atom is 0.343 e. The molecular weight excluding hydrogens is 517 g/mol. The molecule has 3 atom stereocenters. The summed E-state index contributed by atoms with van der Waals surface area (Å²) in [7, 11) is 1.69. The zero-order valence-electron chi connectivity index (χ0n) is 22.6. The number of likely N-dealkylation sites (N-methyl/N-ethyl adjacent to an activating group) is 1. The first-order valence-electron chi connectivity index (χ1n) is 13.8. The highest BCUT2D eigenvalue weighted by atomic mass is 19.1. The predicted octanol–water partition coefficient (Wildman–Crippen LogP) is 2.74. The number of aryl methyl sites for hydroxylation is 1. The van der Waals surface area contributed by atoms with E-state index in [1.54, 1.807) is 36.4 Å². The number of aliphatic hydroxyl groups is 2. The van der Waals surface area contributed by atoms with Gasteiger partial charge in [-0.05, 0) is 67.7 Å². The lowest BCUT2D eigenvalue weighted by Crippen LogP contribution is -2.44. The van der Waals surface area contributed by atoms with Gasteiger partial charge in [-0.3, -0.25) is 9.59 Å². The van der Waals surface area contributed by atoms with Crippen molar-refractivity contribution in [2.45, 2.75) is 76.9 Å². The average molecular weight is 548 g/mol. The summed E-state index contributed by atoms with van der Waals surface area (Å²) >= 11 is 0. The molecule has 1 aromatic carbocycles. The normalized spacial score (nSPS) is 23.4. The molecule has 1 saturated carbocycles. The lowest BCUT2D eigenvalue weighted by Gasteiger charge is -2.36. The second kappa shape index (κ2) is 8.44. The number of fused-ring (bicyclic) bond motifs is 5. The summed E-state index contributed by atoms with van der Waals surface area (Å²) in [6.07, 6.45) is 1.67. The molecule has 2 aliphatic carbocycles. The highest BCUT2D eigenvalue weighted by Gasteiger charge is 2.46. The van der Waals surface area contributed by atoms with Crippen molar-refractivity contribution in [1.82, 2.24) is 14.5 Å². The van der Waals surface area contributed by atoms with Gasteiger partial charge in [0.1, 0.15) is 18.5 Å². The third kappa shape index (κ3) is 3.26. The average Bonchev–Trinajstić information content (AvgIpc) is 3.74. The van der Waals surface area contributed by atoms with Gasteiger partial charge in [0.05, 0.1) is 35.1 Å². The van der Waals surface area contributed by atoms with Crippen LogP contribution in [0.25, 0.3) is 22.3 Å². The zero-order valence-corrected chi connectivity index (χ0v) is 22.6. The minimum atomic E-state index is -1.96. The predicted molar refractivity (Wildman–Crippen MR) is 142 cm³/mol. The number of rotatable bonds is 4. The molecule has 4 aliphatic rings. The summed E-state index contributed by atoms with van der Waals surface area (Å²) in [4.78, 5) is 46.1. The number of nitrogens with zero attached hydrogens (tertiary/aromatic N) is 3. The van der Waals surface area contributed by atoms with Crippen LogP contribution in [0.2, 0.25) is 0 Å². The number of hydrogen-bond donors (Lipinski definition) is 2. The van der Waals surface area contributed by atoms with Crippen molar-refractivity contribution >= 4 is 22.8 Å². The van der Waals surface area contributed by atoms with E-state index in [-0.39, 0.29) is 53.9 Å². The van der Waals surface area contributed by atoms with Crippen molar-refractivity contribution < 1.29 is 28.9 Å². The molecule has 7 rings (SSSR count). The third-order valence-corrected chi connectivity index (χ3v) is 9.48. The molecule has 3 aromatic rings. The minimum absolute atomic E-state index is 0.0249. The Kier molecular flexibility index (Phi) is 5.35. The van der Waals surface area contributed by atoms with Crippen LogP contribution < -0.4 is 5.56 Å². The molecule has 0 spiro atoms. The van der Waals surface area contributed by atoms with Crippen LogP contribution in [0.4, 0.5) is 4.39 Å². The Morgan fingerprint density at radius 3 is 2.70 bits per heavy atom. The Hall–Kier alpha value is -3.63. The summed E-state index contributed by atoms with van der Waals surface area (Å²) in [5, 5.41) is 22.6. The number of aromatic nitrogens is 2. The molecule has 2 aromatic heterocycles. The van der Waals surface area contributed by atoms with Crippen molar-refractivity contribution in [3.8, 4) is 11.4 Å². The number of carbonyl (C=O) groups excluding carboxylic acids is 2. The number of cyclic esters (lactones) is 1. The lowest BCUT2D eigenvalue weighted by atomic mass is 9.81. The first-order valence-corrected chi connectivity index (χ1v) is 13.8. The number of benzene rings is 1. The fourth-order valence-corrected chi connectivity index (χ4v) is 6.89. The molecule has 0 unspecified atom stereocenters. The van der Waals surface area contributed by atoms with Crippen molar-refractivity contribution in [3.63, 3.8) is 0 Å². The van der Waals surface area contributed by atoms with Gasteiger partial charge in [-0.15, -0.1) is 0 Å². The molecule has 2 aliphatic heterocycles. The number of hydrogen-bond acceptors (Lipinski definition) is 7. The smallest absolute Gasteiger partial charge is 0.343 e. The number of aliphatic hydroxyl groups excluding tert-OH is 1. The number of ether oxygens (including phenoxy) is 1. The van der Waals surface area contributed by atoms with Crippen LogP contribution >= 0.6 is 0 Å². The largest absolute Gasteiger partial charge is 0.458 e. The quantitative estimate of drug-likeness (QED) is 0.377. The van der Waals surface area contributed by atoms with Gasteiger partial charge in [0.15, 0.2) is 5.60 Å². The monoisotopic (exact) mass is 547 g/mol. The van der Waals surface area contributed by atoms with Gasteiger partial charge in [0.25, 0.3) is 11.5 Å². The van der Waals surface area contributed by atoms with Gasteiger partial charge in [0, 0.05) is 29.6 Å². The van der Waals surface area contributed by atoms with Gasteiger partial charge in [-0.1, -0.05) is 6.92 Å². The van der Waals surface area contributed by atoms with Crippen molar-refractivity contribution in [2.75, 3.05) is 7.05 Å². The maximum atomic E-state index is 15.1. The zero-order chi connectivity index (χ0) is 28.2. The van der Waals surface area contributed by atoms with Crippen LogP contribution in [0.3, 0.4) is 0 Å². The van der Waals surface area contributed by atoms with Gasteiger partial charge in [0.2, 0.25) is 0 Å². The van der Waals surface area contributed by atoms with Gasteiger partial charge < -0.3 is 24.4 Å². The molecule has 1 amide bonds. The molecule has 1 fully saturated rings. The second-order valence-corrected chi connectivity index (χ2v) is 11.6. The van der Waals surface area contributed by atoms with Crippen LogP contribution in [0.1, 0.15) is 72.0 Å². The summed E-state index contributed by atoms with van der Waals surface area (Å²) in [5.74, 6) is -1.55. The molecule has 40 heavy (non-hydrogen) atoms. The van der Waals surface area contributed by atoms with Gasteiger partial charge in [-0.2, -0.15) is 0 Å². The van der Waals surface area contributed by atoms with E-state index in [1.807, 2.05) is 0 Å². The van der Waals surface area contributed by atoms with E-state index in [4.69, 9.17) is 9.72 Å². The minimum Gasteiger partial charge on any atom is -0.458 e. The van der Waals surface area contributed by atoms with E-state index in [2.05, 4.69) is 0 Å². The first kappa shape index (κ1) is 25.3. The molecule has 0 saturated heterocycles. The van der Waals surface area contributed by atoms with Crippen LogP contribution in [-0.2, 0) is 39.5 Å². The molecule has 0 bridgehead atoms. The van der Waals surface area contributed by atoms with E-state index in [9.17, 15) is 24.6 Å². The molecule has 4 heterocycles. The fraction of sp³-hybridized carbons (Fsp3) is 0.467. The van der Waals surface area contributed by atoms with E-state index >= 15 is 4.39 Å². The van der Waals surface area contributed by atoms with Crippen LogP contribution in [-0.4, -0.2) is 49.7 Å². The molecule has 10 heteroatoms. The Labute approximate surface area is 229 Å². The molecule has 2 N–H and O–H groups in total. The number of esters is 1. The van der Waals surface area contributed by atoms with E-state index in [0.29, 0.717) is 35.3 Å². The maximum absolute atomic E-state index is 15.1. The molecule has 208 valence electrons. The molecular formula is C30H30FN3O6. The van der Waals surface area contributed by atoms with E-state index in [1.165, 1.54) is 6.07 Å². The first-order chi connectivity index (χ1) is 19.1. The molecule has 9 nitrogen and oxygen atoms in total. The summed E-state index contributed by atoms with van der Waals surface area (Å²) in [6.45, 7) is 3.32. The Balaban J connectivity index is 1.48. The third-order valence-electron chi connectivity index (χ3n) is 9.48.